The number of carbonyl (C=O) groups excluding carboxylic acids is 2. The van der Waals surface area contributed by atoms with Crippen LogP contribution in [0.1, 0.15) is 52.5 Å². The third kappa shape index (κ3) is 5.96. The van der Waals surface area contributed by atoms with E-state index in [1.54, 1.807) is 13.8 Å². The van der Waals surface area contributed by atoms with E-state index >= 15 is 0 Å². The Balaban J connectivity index is 1.58. The van der Waals surface area contributed by atoms with Crippen LogP contribution in [0, 0.1) is 12.7 Å². The van der Waals surface area contributed by atoms with E-state index in [2.05, 4.69) is 20.3 Å². The molecule has 0 bridgehead atoms. The van der Waals surface area contributed by atoms with Gasteiger partial charge in [0.1, 0.15) is 22.0 Å². The zero-order valence-electron chi connectivity index (χ0n) is 21.1. The van der Waals surface area contributed by atoms with Gasteiger partial charge in [0.15, 0.2) is 10.9 Å². The van der Waals surface area contributed by atoms with E-state index in [9.17, 15) is 14.0 Å². The molecule has 1 amide bonds. The minimum atomic E-state index is -0.589. The lowest BCUT2D eigenvalue weighted by molar-refractivity contribution is 0.0205. The molecule has 38 heavy (non-hydrogen) atoms. The van der Waals surface area contributed by atoms with Crippen LogP contribution in [0.3, 0.4) is 0 Å². The number of piperidine rings is 1. The predicted octanol–water partition coefficient (Wildman–Crippen LogP) is 5.27. The molecule has 9 nitrogen and oxygen atoms in total. The summed E-state index contributed by atoms with van der Waals surface area (Å²) in [4.78, 5) is 39.5. The van der Waals surface area contributed by atoms with Crippen molar-refractivity contribution in [3.05, 3.63) is 50.5 Å². The summed E-state index contributed by atoms with van der Waals surface area (Å²) in [5, 5.41) is 4.02. The number of rotatable bonds is 9. The van der Waals surface area contributed by atoms with Gasteiger partial charge in [-0.1, -0.05) is 41.5 Å². The zero-order chi connectivity index (χ0) is 27.4. The Bertz CT molecular complexity index is 1320. The second kappa shape index (κ2) is 12.4. The highest BCUT2D eigenvalue weighted by Crippen LogP contribution is 2.36. The number of aromatic nitrogens is 3. The molecule has 2 N–H and O–H groups in total. The highest BCUT2D eigenvalue weighted by molar-refractivity contribution is 7.17. The Kier molecular flexibility index (Phi) is 9.24. The molecular formula is C25H28Cl2FN5O4S. The number of hydrogen-bond acceptors (Lipinski definition) is 8. The van der Waals surface area contributed by atoms with Crippen molar-refractivity contribution < 1.29 is 23.5 Å². The lowest BCUT2D eigenvalue weighted by Gasteiger charge is -2.38. The SMILES string of the molecule is CCCO[C@H]1CN(c2nc(-c3ncccc3F)c(C(=O)OCC)s2)CC[C@H]1NC(=O)c1[nH]c(C)c(Cl)c1Cl. The first-order valence-corrected chi connectivity index (χ1v) is 13.8. The number of halogens is 3. The molecule has 3 aromatic heterocycles. The smallest absolute Gasteiger partial charge is 0.350 e. The fourth-order valence-electron chi connectivity index (χ4n) is 4.16. The average molecular weight is 585 g/mol. The number of aryl methyl sites for hydroxylation is 1. The summed E-state index contributed by atoms with van der Waals surface area (Å²) in [6.07, 6.45) is 2.40. The quantitative estimate of drug-likeness (QED) is 0.330. The second-order valence-corrected chi connectivity index (χ2v) is 10.4. The molecule has 204 valence electrons. The van der Waals surface area contributed by atoms with Crippen molar-refractivity contribution in [1.29, 1.82) is 0 Å². The molecule has 0 aromatic carbocycles. The fraction of sp³-hybridized carbons (Fsp3) is 0.440. The Morgan fingerprint density at radius 3 is 2.74 bits per heavy atom. The van der Waals surface area contributed by atoms with Crippen LogP contribution < -0.4 is 10.2 Å². The first kappa shape index (κ1) is 28.3. The first-order chi connectivity index (χ1) is 18.2. The summed E-state index contributed by atoms with van der Waals surface area (Å²) < 4.78 is 25.9. The van der Waals surface area contributed by atoms with Crippen molar-refractivity contribution in [3.63, 3.8) is 0 Å². The minimum Gasteiger partial charge on any atom is -0.462 e. The third-order valence-electron chi connectivity index (χ3n) is 6.02. The number of nitrogens with zero attached hydrogens (tertiary/aromatic N) is 3. The topological polar surface area (TPSA) is 109 Å². The van der Waals surface area contributed by atoms with Crippen LogP contribution in [0.25, 0.3) is 11.4 Å². The van der Waals surface area contributed by atoms with Gasteiger partial charge in [-0.2, -0.15) is 0 Å². The third-order valence-corrected chi connectivity index (χ3v) is 8.07. The predicted molar refractivity (Wildman–Crippen MR) is 145 cm³/mol. The lowest BCUT2D eigenvalue weighted by atomic mass is 10.0. The van der Waals surface area contributed by atoms with Crippen molar-refractivity contribution >= 4 is 51.5 Å². The normalized spacial score (nSPS) is 17.5. The number of carbonyl (C=O) groups is 2. The Morgan fingerprint density at radius 2 is 2.08 bits per heavy atom. The van der Waals surface area contributed by atoms with Gasteiger partial charge in [0, 0.05) is 31.6 Å². The maximum atomic E-state index is 14.6. The number of anilines is 1. The molecule has 0 saturated carbocycles. The number of aromatic amines is 1. The summed E-state index contributed by atoms with van der Waals surface area (Å²) >= 11 is 13.5. The molecule has 0 aliphatic carbocycles. The van der Waals surface area contributed by atoms with Crippen LogP contribution in [0.2, 0.25) is 10.0 Å². The maximum absolute atomic E-state index is 14.6. The number of pyridine rings is 1. The molecule has 4 heterocycles. The van der Waals surface area contributed by atoms with E-state index in [1.807, 2.05) is 11.8 Å². The molecule has 0 unspecified atom stereocenters. The molecule has 0 radical (unpaired) electrons. The Labute approximate surface area is 233 Å². The van der Waals surface area contributed by atoms with Gasteiger partial charge in [0.2, 0.25) is 0 Å². The van der Waals surface area contributed by atoms with Gasteiger partial charge in [-0.15, -0.1) is 0 Å². The van der Waals surface area contributed by atoms with E-state index in [0.717, 1.165) is 17.8 Å². The van der Waals surface area contributed by atoms with Crippen LogP contribution in [0.5, 0.6) is 0 Å². The summed E-state index contributed by atoms with van der Waals surface area (Å²) in [5.41, 5.74) is 0.927. The summed E-state index contributed by atoms with van der Waals surface area (Å²) in [7, 11) is 0. The summed E-state index contributed by atoms with van der Waals surface area (Å²) in [6.45, 7) is 7.00. The zero-order valence-corrected chi connectivity index (χ0v) is 23.5. The van der Waals surface area contributed by atoms with Crippen molar-refractivity contribution in [2.45, 2.75) is 45.8 Å². The number of nitrogens with one attached hydrogen (secondary N) is 2. The molecule has 3 aromatic rings. The van der Waals surface area contributed by atoms with E-state index < -0.39 is 11.8 Å². The largest absolute Gasteiger partial charge is 0.462 e. The molecule has 1 fully saturated rings. The van der Waals surface area contributed by atoms with Gasteiger partial charge >= 0.3 is 5.97 Å². The second-order valence-electron chi connectivity index (χ2n) is 8.71. The Morgan fingerprint density at radius 1 is 1.29 bits per heavy atom. The van der Waals surface area contributed by atoms with Crippen LogP contribution in [0.4, 0.5) is 9.52 Å². The Hall–Kier alpha value is -2.73. The minimum absolute atomic E-state index is 0.0178. The van der Waals surface area contributed by atoms with E-state index in [0.29, 0.717) is 42.0 Å². The van der Waals surface area contributed by atoms with Crippen LogP contribution in [-0.4, -0.2) is 65.3 Å². The van der Waals surface area contributed by atoms with Crippen molar-refractivity contribution in [3.8, 4) is 11.4 Å². The highest BCUT2D eigenvalue weighted by Gasteiger charge is 2.35. The van der Waals surface area contributed by atoms with Gasteiger partial charge in [-0.05, 0) is 38.8 Å². The summed E-state index contributed by atoms with van der Waals surface area (Å²) in [5.74, 6) is -1.55. The van der Waals surface area contributed by atoms with E-state index in [-0.39, 0.29) is 51.6 Å². The maximum Gasteiger partial charge on any atom is 0.350 e. The number of esters is 1. The highest BCUT2D eigenvalue weighted by atomic mass is 35.5. The lowest BCUT2D eigenvalue weighted by Crippen LogP contribution is -2.55. The number of amides is 1. The molecule has 4 rings (SSSR count). The van der Waals surface area contributed by atoms with Crippen LogP contribution in [0.15, 0.2) is 18.3 Å². The van der Waals surface area contributed by atoms with Gasteiger partial charge in [-0.25, -0.2) is 14.2 Å². The molecule has 1 aliphatic rings. The van der Waals surface area contributed by atoms with Gasteiger partial charge in [0.25, 0.3) is 5.91 Å². The number of H-pyrrole nitrogens is 1. The fourth-order valence-corrected chi connectivity index (χ4v) is 5.57. The number of hydrogen-bond donors (Lipinski definition) is 2. The van der Waals surface area contributed by atoms with Gasteiger partial charge in [0.05, 0.1) is 28.8 Å². The molecule has 2 atom stereocenters. The number of ether oxygens (including phenoxy) is 2. The molecule has 1 saturated heterocycles. The van der Waals surface area contributed by atoms with E-state index in [4.69, 9.17) is 32.7 Å². The van der Waals surface area contributed by atoms with Crippen molar-refractivity contribution in [2.75, 3.05) is 31.2 Å². The van der Waals surface area contributed by atoms with Gasteiger partial charge in [-0.3, -0.25) is 9.78 Å². The standard InChI is InChI=1S/C25H28Cl2FN5O4S/c1-4-11-37-16-12-33(10-8-15(16)31-23(34)20-18(27)17(26)13(3)30-20)25-32-21(19-14(28)7-6-9-29-19)22(38-25)24(35)36-5-2/h6-7,9,15-16,30H,4-5,8,10-12H2,1-3H3,(H,31,34)/t15-,16+/m1/s1. The first-order valence-electron chi connectivity index (χ1n) is 12.2. The summed E-state index contributed by atoms with van der Waals surface area (Å²) in [6, 6.07) is 2.44. The van der Waals surface area contributed by atoms with Crippen LogP contribution >= 0.6 is 34.5 Å². The van der Waals surface area contributed by atoms with Crippen molar-refractivity contribution in [1.82, 2.24) is 20.3 Å². The molecule has 13 heteroatoms. The molecule has 1 aliphatic heterocycles. The number of thiazole rings is 1. The van der Waals surface area contributed by atoms with E-state index in [1.165, 1.54) is 18.3 Å². The average Bonchev–Trinajstić information content (AvgIpc) is 3.46. The molecule has 0 spiro atoms. The monoisotopic (exact) mass is 583 g/mol. The van der Waals surface area contributed by atoms with Crippen LogP contribution in [-0.2, 0) is 9.47 Å². The van der Waals surface area contributed by atoms with Crippen molar-refractivity contribution in [2.24, 2.45) is 0 Å². The van der Waals surface area contributed by atoms with Gasteiger partial charge < -0.3 is 24.7 Å². The molecular weight excluding hydrogens is 556 g/mol.